The fourth-order valence-electron chi connectivity index (χ4n) is 2.95. The Hall–Kier alpha value is -2.75. The van der Waals surface area contributed by atoms with E-state index in [1.807, 2.05) is 56.4 Å². The number of hydrogen-bond donors (Lipinski definition) is 0. The van der Waals surface area contributed by atoms with E-state index in [1.165, 1.54) is 16.7 Å². The maximum Gasteiger partial charge on any atom is 0.119 e. The molecule has 2 aromatic carbocycles. The molecule has 1 heterocycles. The van der Waals surface area contributed by atoms with Crippen LogP contribution in [0, 0.1) is 20.8 Å². The van der Waals surface area contributed by atoms with Gasteiger partial charge >= 0.3 is 0 Å². The first-order valence-corrected chi connectivity index (χ1v) is 9.49. The summed E-state index contributed by atoms with van der Waals surface area (Å²) in [6.45, 7) is 10.1. The number of rotatable bonds is 4. The van der Waals surface area contributed by atoms with Crippen molar-refractivity contribution >= 4 is 23.3 Å². The molecule has 0 radical (unpaired) electrons. The molecule has 0 aliphatic heterocycles. The zero-order chi connectivity index (χ0) is 21.2. The molecule has 30 heavy (non-hydrogen) atoms. The van der Waals surface area contributed by atoms with E-state index in [-0.39, 0.29) is 17.1 Å². The first-order valence-electron chi connectivity index (χ1n) is 9.49. The number of aromatic nitrogens is 1. The summed E-state index contributed by atoms with van der Waals surface area (Å²) in [4.78, 5) is 12.8. The van der Waals surface area contributed by atoms with Gasteiger partial charge in [-0.25, -0.2) is 0 Å². The van der Waals surface area contributed by atoms with Gasteiger partial charge in [-0.3, -0.25) is 9.98 Å². The van der Waals surface area contributed by atoms with Crippen LogP contribution in [0.25, 0.3) is 0 Å². The molecular weight excluding hydrogens is 414 g/mol. The number of aryl methyl sites for hydroxylation is 3. The first kappa shape index (κ1) is 25.3. The zero-order valence-corrected chi connectivity index (χ0v) is 19.5. The zero-order valence-electron chi connectivity index (χ0n) is 18.4. The van der Waals surface area contributed by atoms with Gasteiger partial charge in [-0.15, -0.1) is 18.1 Å². The van der Waals surface area contributed by atoms with Crippen molar-refractivity contribution in [2.24, 2.45) is 9.98 Å². The summed E-state index contributed by atoms with van der Waals surface area (Å²) in [5.74, 6) is 0.836. The van der Waals surface area contributed by atoms with Gasteiger partial charge in [-0.1, -0.05) is 43.3 Å². The molecule has 0 aliphatic carbocycles. The molecular formula is C25H28FeN3O-. The monoisotopic (exact) mass is 442 g/mol. The average Bonchev–Trinajstić information content (AvgIpc) is 2.72. The number of ether oxygens (including phenoxy) is 1. The Kier molecular flexibility index (Phi) is 10.7. The van der Waals surface area contributed by atoms with Crippen LogP contribution in [0.1, 0.15) is 36.1 Å². The second-order valence-corrected chi connectivity index (χ2v) is 6.72. The predicted molar refractivity (Wildman–Crippen MR) is 123 cm³/mol. The van der Waals surface area contributed by atoms with Crippen LogP contribution in [0.4, 0.5) is 11.4 Å². The fraction of sp³-hybridized carbons (Fsp3) is 0.240. The van der Waals surface area contributed by atoms with Crippen LogP contribution < -0.4 is 4.74 Å². The van der Waals surface area contributed by atoms with Crippen LogP contribution in [-0.2, 0) is 17.1 Å². The molecule has 4 nitrogen and oxygen atoms in total. The van der Waals surface area contributed by atoms with Gasteiger partial charge < -0.3 is 9.73 Å². The Morgan fingerprint density at radius 1 is 1.00 bits per heavy atom. The number of methoxy groups -OCH3 is 1. The molecule has 5 heteroatoms. The van der Waals surface area contributed by atoms with Crippen molar-refractivity contribution in [3.63, 3.8) is 0 Å². The summed E-state index contributed by atoms with van der Waals surface area (Å²) in [7, 11) is 1.65. The number of aliphatic imine (C=N–C) groups is 2. The van der Waals surface area contributed by atoms with Gasteiger partial charge in [0.05, 0.1) is 12.8 Å². The van der Waals surface area contributed by atoms with Gasteiger partial charge in [0.1, 0.15) is 5.75 Å². The molecule has 0 spiro atoms. The summed E-state index contributed by atoms with van der Waals surface area (Å²) < 4.78 is 5.10. The van der Waals surface area contributed by atoms with Gasteiger partial charge in [0.2, 0.25) is 0 Å². The van der Waals surface area contributed by atoms with Gasteiger partial charge in [-0.2, -0.15) is 6.21 Å². The third-order valence-corrected chi connectivity index (χ3v) is 4.31. The molecule has 0 N–H and O–H groups in total. The standard InChI is InChI=1S/C14H14N2O.C11H14N.Fe/c1-11(12-4-3-9-15-10-12)16-13-5-7-14(17-2)8-6-13;1-5-12-11-9(3)6-8(2)7-10(11)4;/h3-10H,1-2H3;6-7H,1-4H3;/q;-1;. The van der Waals surface area contributed by atoms with E-state index in [9.17, 15) is 0 Å². The molecule has 158 valence electrons. The number of pyridine rings is 1. The van der Waals surface area contributed by atoms with Crippen LogP contribution in [0.15, 0.2) is 70.9 Å². The van der Waals surface area contributed by atoms with E-state index in [2.05, 4.69) is 54.1 Å². The Labute approximate surface area is 190 Å². The maximum atomic E-state index is 5.10. The topological polar surface area (TPSA) is 46.8 Å². The third kappa shape index (κ3) is 7.58. The number of benzene rings is 2. The van der Waals surface area contributed by atoms with Crippen molar-refractivity contribution in [1.29, 1.82) is 0 Å². The van der Waals surface area contributed by atoms with Crippen molar-refractivity contribution in [3.8, 4) is 5.75 Å². The SMILES string of the molecule is COc1ccc(N=C(C)c2cccnc2)cc1.C[C-]=Nc1c(C)cc(C)cc1C.[Fe]. The Morgan fingerprint density at radius 2 is 1.63 bits per heavy atom. The number of nitrogens with zero attached hydrogens (tertiary/aromatic N) is 3. The third-order valence-electron chi connectivity index (χ3n) is 4.31. The molecule has 0 unspecified atom stereocenters. The van der Waals surface area contributed by atoms with Crippen molar-refractivity contribution in [2.75, 3.05) is 7.11 Å². The Balaban J connectivity index is 0.000000308. The van der Waals surface area contributed by atoms with E-state index in [1.54, 1.807) is 13.3 Å². The smallest absolute Gasteiger partial charge is 0.119 e. The molecule has 1 aromatic heterocycles. The molecule has 0 atom stereocenters. The largest absolute Gasteiger partial charge is 0.497 e. The molecule has 0 amide bonds. The summed E-state index contributed by atoms with van der Waals surface area (Å²) in [6, 6.07) is 15.8. The van der Waals surface area contributed by atoms with E-state index < -0.39 is 0 Å². The van der Waals surface area contributed by atoms with Crippen LogP contribution in [0.3, 0.4) is 0 Å². The Bertz CT molecular complexity index is 958. The molecule has 3 aromatic rings. The summed E-state index contributed by atoms with van der Waals surface area (Å²) in [5, 5.41) is 0. The minimum absolute atomic E-state index is 0. The van der Waals surface area contributed by atoms with Gasteiger partial charge in [-0.05, 0) is 44.2 Å². The fourth-order valence-corrected chi connectivity index (χ4v) is 2.95. The molecule has 0 saturated carbocycles. The Morgan fingerprint density at radius 3 is 2.13 bits per heavy atom. The van der Waals surface area contributed by atoms with Crippen LogP contribution in [-0.4, -0.2) is 24.0 Å². The normalized spacial score (nSPS) is 10.8. The molecule has 0 saturated heterocycles. The van der Waals surface area contributed by atoms with Crippen LogP contribution in [0.2, 0.25) is 0 Å². The maximum absolute atomic E-state index is 5.10. The minimum Gasteiger partial charge on any atom is -0.497 e. The molecule has 0 aliphatic rings. The van der Waals surface area contributed by atoms with Crippen LogP contribution in [0.5, 0.6) is 5.75 Å². The quantitative estimate of drug-likeness (QED) is 0.265. The van der Waals surface area contributed by atoms with Gasteiger partial charge in [0, 0.05) is 40.7 Å². The molecule has 0 bridgehead atoms. The number of hydrogen-bond acceptors (Lipinski definition) is 4. The van der Waals surface area contributed by atoms with Crippen molar-refractivity contribution < 1.29 is 21.8 Å². The van der Waals surface area contributed by atoms with Crippen LogP contribution >= 0.6 is 0 Å². The second kappa shape index (κ2) is 12.7. The molecule has 3 rings (SSSR count). The second-order valence-electron chi connectivity index (χ2n) is 6.72. The van der Waals surface area contributed by atoms with Crippen molar-refractivity contribution in [3.05, 3.63) is 83.2 Å². The minimum atomic E-state index is 0. The summed E-state index contributed by atoms with van der Waals surface area (Å²) in [6.07, 6.45) is 6.37. The first-order chi connectivity index (χ1) is 13.9. The van der Waals surface area contributed by atoms with E-state index in [0.717, 1.165) is 28.4 Å². The van der Waals surface area contributed by atoms with E-state index in [4.69, 9.17) is 4.74 Å². The predicted octanol–water partition coefficient (Wildman–Crippen LogP) is 6.44. The van der Waals surface area contributed by atoms with E-state index in [0.29, 0.717) is 0 Å². The summed E-state index contributed by atoms with van der Waals surface area (Å²) in [5.41, 5.74) is 7.69. The molecule has 0 fully saturated rings. The van der Waals surface area contributed by atoms with Gasteiger partial charge in [0.15, 0.2) is 0 Å². The van der Waals surface area contributed by atoms with Gasteiger partial charge in [0.25, 0.3) is 0 Å². The van der Waals surface area contributed by atoms with Crippen molar-refractivity contribution in [2.45, 2.75) is 34.6 Å². The van der Waals surface area contributed by atoms with E-state index >= 15 is 0 Å². The van der Waals surface area contributed by atoms with Crippen molar-refractivity contribution in [1.82, 2.24) is 4.98 Å². The summed E-state index contributed by atoms with van der Waals surface area (Å²) >= 11 is 0. The average molecular weight is 442 g/mol.